The Bertz CT molecular complexity index is 754. The van der Waals surface area contributed by atoms with Crippen molar-refractivity contribution in [1.82, 2.24) is 15.1 Å². The standard InChI is InChI=1S/C16H18N4O5/c21-15(22)4-2-1-3-10-17-16(23)14-9-11-19(18-14)12-5-7-13(8-6-12)20(24)25/h5-9,11H,1-4,10H2,(H,17,23)(H,21,22). The van der Waals surface area contributed by atoms with E-state index in [1.54, 1.807) is 24.4 Å². The van der Waals surface area contributed by atoms with Gasteiger partial charge in [-0.15, -0.1) is 0 Å². The molecule has 0 bridgehead atoms. The van der Waals surface area contributed by atoms with Gasteiger partial charge in [0, 0.05) is 31.3 Å². The number of amides is 1. The van der Waals surface area contributed by atoms with Gasteiger partial charge in [0.15, 0.2) is 5.69 Å². The highest BCUT2D eigenvalue weighted by atomic mass is 16.6. The predicted molar refractivity (Wildman–Crippen MR) is 88.7 cm³/mol. The largest absolute Gasteiger partial charge is 0.481 e. The van der Waals surface area contributed by atoms with E-state index in [0.29, 0.717) is 25.1 Å². The number of hydrogen-bond acceptors (Lipinski definition) is 5. The van der Waals surface area contributed by atoms with Gasteiger partial charge in [0.1, 0.15) is 0 Å². The average molecular weight is 346 g/mol. The Kier molecular flexibility index (Phi) is 6.21. The molecule has 0 saturated heterocycles. The number of benzene rings is 1. The van der Waals surface area contributed by atoms with Crippen LogP contribution in [0.5, 0.6) is 0 Å². The van der Waals surface area contributed by atoms with Crippen LogP contribution < -0.4 is 5.32 Å². The zero-order valence-electron chi connectivity index (χ0n) is 13.4. The molecule has 25 heavy (non-hydrogen) atoms. The Morgan fingerprint density at radius 3 is 2.52 bits per heavy atom. The lowest BCUT2D eigenvalue weighted by molar-refractivity contribution is -0.384. The molecule has 0 saturated carbocycles. The molecule has 0 radical (unpaired) electrons. The lowest BCUT2D eigenvalue weighted by atomic mass is 10.2. The molecule has 0 unspecified atom stereocenters. The molecule has 0 atom stereocenters. The number of aliphatic carboxylic acids is 1. The Balaban J connectivity index is 1.84. The fourth-order valence-electron chi connectivity index (χ4n) is 2.19. The van der Waals surface area contributed by atoms with Crippen molar-refractivity contribution in [3.63, 3.8) is 0 Å². The monoisotopic (exact) mass is 346 g/mol. The summed E-state index contributed by atoms with van der Waals surface area (Å²) in [5, 5.41) is 26.0. The van der Waals surface area contributed by atoms with Crippen molar-refractivity contribution in [2.75, 3.05) is 6.54 Å². The van der Waals surface area contributed by atoms with Crippen molar-refractivity contribution in [3.05, 3.63) is 52.3 Å². The summed E-state index contributed by atoms with van der Waals surface area (Å²) in [5.41, 5.74) is 0.832. The van der Waals surface area contributed by atoms with Crippen molar-refractivity contribution >= 4 is 17.6 Å². The summed E-state index contributed by atoms with van der Waals surface area (Å²) in [5.74, 6) is -1.14. The maximum atomic E-state index is 12.0. The highest BCUT2D eigenvalue weighted by Crippen LogP contribution is 2.14. The number of nitrogens with zero attached hydrogens (tertiary/aromatic N) is 3. The Hall–Kier alpha value is -3.23. The topological polar surface area (TPSA) is 127 Å². The van der Waals surface area contributed by atoms with E-state index >= 15 is 0 Å². The van der Waals surface area contributed by atoms with E-state index in [-0.39, 0.29) is 23.7 Å². The third kappa shape index (κ3) is 5.41. The van der Waals surface area contributed by atoms with Gasteiger partial charge in [0.25, 0.3) is 11.6 Å². The first-order valence-electron chi connectivity index (χ1n) is 7.78. The maximum Gasteiger partial charge on any atom is 0.303 e. The highest BCUT2D eigenvalue weighted by molar-refractivity contribution is 5.92. The molecule has 0 spiro atoms. The molecule has 9 heteroatoms. The Morgan fingerprint density at radius 1 is 1.16 bits per heavy atom. The summed E-state index contributed by atoms with van der Waals surface area (Å²) in [6.07, 6.45) is 3.74. The first-order chi connectivity index (χ1) is 12.0. The average Bonchev–Trinajstić information content (AvgIpc) is 3.07. The Morgan fingerprint density at radius 2 is 1.88 bits per heavy atom. The minimum absolute atomic E-state index is 0.0169. The van der Waals surface area contributed by atoms with E-state index < -0.39 is 10.9 Å². The normalized spacial score (nSPS) is 10.4. The molecule has 1 aromatic carbocycles. The summed E-state index contributed by atoms with van der Waals surface area (Å²) in [6.45, 7) is 0.447. The van der Waals surface area contributed by atoms with Gasteiger partial charge in [-0.05, 0) is 31.0 Å². The van der Waals surface area contributed by atoms with E-state index in [9.17, 15) is 19.7 Å². The lowest BCUT2D eigenvalue weighted by Gasteiger charge is -2.03. The third-order valence-electron chi connectivity index (χ3n) is 3.50. The summed E-state index contributed by atoms with van der Waals surface area (Å²) < 4.78 is 1.46. The number of hydrogen-bond donors (Lipinski definition) is 2. The molecule has 1 amide bonds. The molecule has 1 heterocycles. The van der Waals surface area contributed by atoms with E-state index in [0.717, 1.165) is 6.42 Å². The van der Waals surface area contributed by atoms with Crippen molar-refractivity contribution < 1.29 is 19.6 Å². The van der Waals surface area contributed by atoms with Gasteiger partial charge in [-0.1, -0.05) is 6.42 Å². The summed E-state index contributed by atoms with van der Waals surface area (Å²) in [6, 6.07) is 7.40. The van der Waals surface area contributed by atoms with Crippen LogP contribution in [0, 0.1) is 10.1 Å². The quantitative estimate of drug-likeness (QED) is 0.407. The Labute approximate surface area is 143 Å². The van der Waals surface area contributed by atoms with Gasteiger partial charge in [0.2, 0.25) is 0 Å². The van der Waals surface area contributed by atoms with Crippen molar-refractivity contribution in [3.8, 4) is 5.69 Å². The second kappa shape index (κ2) is 8.57. The zero-order chi connectivity index (χ0) is 18.2. The van der Waals surface area contributed by atoms with Gasteiger partial charge < -0.3 is 10.4 Å². The molecule has 2 N–H and O–H groups in total. The second-order valence-corrected chi connectivity index (χ2v) is 5.38. The zero-order valence-corrected chi connectivity index (χ0v) is 13.4. The molecule has 0 aliphatic heterocycles. The van der Waals surface area contributed by atoms with Crippen LogP contribution in [0.4, 0.5) is 5.69 Å². The number of carboxylic acids is 1. The molecule has 0 fully saturated rings. The van der Waals surface area contributed by atoms with Gasteiger partial charge in [0.05, 0.1) is 10.6 Å². The van der Waals surface area contributed by atoms with Crippen LogP contribution in [-0.4, -0.2) is 38.2 Å². The van der Waals surface area contributed by atoms with Gasteiger partial charge in [-0.25, -0.2) is 4.68 Å². The van der Waals surface area contributed by atoms with Gasteiger partial charge in [-0.2, -0.15) is 5.10 Å². The summed E-state index contributed by atoms with van der Waals surface area (Å²) in [7, 11) is 0. The molecular formula is C16H18N4O5. The van der Waals surface area contributed by atoms with Gasteiger partial charge >= 0.3 is 5.97 Å². The molecule has 9 nitrogen and oxygen atoms in total. The van der Waals surface area contributed by atoms with Crippen LogP contribution in [0.1, 0.15) is 36.2 Å². The third-order valence-corrected chi connectivity index (χ3v) is 3.50. The smallest absolute Gasteiger partial charge is 0.303 e. The van der Waals surface area contributed by atoms with Crippen LogP contribution in [0.25, 0.3) is 5.69 Å². The number of aromatic nitrogens is 2. The predicted octanol–water partition coefficient (Wildman–Crippen LogP) is 2.16. The van der Waals surface area contributed by atoms with Crippen LogP contribution in [0.3, 0.4) is 0 Å². The molecule has 1 aromatic heterocycles. The fourth-order valence-corrected chi connectivity index (χ4v) is 2.19. The van der Waals surface area contributed by atoms with Crippen LogP contribution in [-0.2, 0) is 4.79 Å². The number of carbonyl (C=O) groups excluding carboxylic acids is 1. The number of nitrogens with one attached hydrogen (secondary N) is 1. The van der Waals surface area contributed by atoms with E-state index in [2.05, 4.69) is 10.4 Å². The summed E-state index contributed by atoms with van der Waals surface area (Å²) >= 11 is 0. The van der Waals surface area contributed by atoms with E-state index in [4.69, 9.17) is 5.11 Å². The van der Waals surface area contributed by atoms with Crippen molar-refractivity contribution in [1.29, 1.82) is 0 Å². The van der Waals surface area contributed by atoms with Gasteiger partial charge in [-0.3, -0.25) is 19.7 Å². The number of unbranched alkanes of at least 4 members (excludes halogenated alkanes) is 2. The molecule has 2 aromatic rings. The number of carboxylic acid groups (broad SMARTS) is 1. The first-order valence-corrected chi connectivity index (χ1v) is 7.78. The number of rotatable bonds is 9. The molecule has 0 aliphatic carbocycles. The number of nitro benzene ring substituents is 1. The van der Waals surface area contributed by atoms with Crippen LogP contribution in [0.2, 0.25) is 0 Å². The number of non-ortho nitro benzene ring substituents is 1. The summed E-state index contributed by atoms with van der Waals surface area (Å²) in [4.78, 5) is 32.5. The SMILES string of the molecule is O=C(O)CCCCCNC(=O)c1ccn(-c2ccc([N+](=O)[O-])cc2)n1. The first kappa shape index (κ1) is 18.1. The minimum atomic E-state index is -0.819. The number of carbonyl (C=O) groups is 2. The highest BCUT2D eigenvalue weighted by Gasteiger charge is 2.11. The number of nitro groups is 1. The molecule has 2 rings (SSSR count). The lowest BCUT2D eigenvalue weighted by Crippen LogP contribution is -2.25. The van der Waals surface area contributed by atoms with Crippen molar-refractivity contribution in [2.45, 2.75) is 25.7 Å². The van der Waals surface area contributed by atoms with Crippen LogP contribution in [0.15, 0.2) is 36.5 Å². The van der Waals surface area contributed by atoms with E-state index in [1.807, 2.05) is 0 Å². The maximum absolute atomic E-state index is 12.0. The second-order valence-electron chi connectivity index (χ2n) is 5.38. The van der Waals surface area contributed by atoms with E-state index in [1.165, 1.54) is 16.8 Å². The minimum Gasteiger partial charge on any atom is -0.481 e. The molecular weight excluding hydrogens is 328 g/mol. The molecule has 0 aliphatic rings. The van der Waals surface area contributed by atoms with Crippen LogP contribution >= 0.6 is 0 Å². The van der Waals surface area contributed by atoms with Crippen molar-refractivity contribution in [2.24, 2.45) is 0 Å². The fraction of sp³-hybridized carbons (Fsp3) is 0.312. The molecule has 132 valence electrons.